The number of rotatable bonds is 5. The van der Waals surface area contributed by atoms with Gasteiger partial charge in [0.05, 0.1) is 0 Å². The molecule has 0 radical (unpaired) electrons. The molecule has 3 heterocycles. The van der Waals surface area contributed by atoms with E-state index in [1.165, 1.54) is 43.6 Å². The van der Waals surface area contributed by atoms with Gasteiger partial charge in [-0.15, -0.1) is 34.0 Å². The average molecular weight is 305 g/mol. The summed E-state index contributed by atoms with van der Waals surface area (Å²) in [6.07, 6.45) is 3.67. The van der Waals surface area contributed by atoms with Gasteiger partial charge in [0.15, 0.2) is 0 Å². The molecule has 0 aromatic carbocycles. The molecule has 0 aliphatic carbocycles. The second-order valence-corrected chi connectivity index (χ2v) is 8.10. The maximum absolute atomic E-state index is 2.30. The lowest BCUT2D eigenvalue weighted by Gasteiger charge is -1.96. The Kier molecular flexibility index (Phi) is 4.16. The van der Waals surface area contributed by atoms with E-state index in [0.29, 0.717) is 0 Å². The van der Waals surface area contributed by atoms with Gasteiger partial charge in [0.25, 0.3) is 0 Å². The third-order valence-corrected chi connectivity index (χ3v) is 6.35. The predicted molar refractivity (Wildman–Crippen MR) is 88.7 cm³/mol. The Morgan fingerprint density at radius 2 is 1.63 bits per heavy atom. The zero-order valence-corrected chi connectivity index (χ0v) is 13.3. The highest BCUT2D eigenvalue weighted by Gasteiger charge is 2.05. The van der Waals surface area contributed by atoms with Crippen LogP contribution in [-0.2, 0) is 12.8 Å². The van der Waals surface area contributed by atoms with Gasteiger partial charge in [-0.05, 0) is 61.9 Å². The summed E-state index contributed by atoms with van der Waals surface area (Å²) in [5.74, 6) is 0. The minimum Gasteiger partial charge on any atom is -0.149 e. The zero-order chi connectivity index (χ0) is 13.1. The molecule has 0 nitrogen and oxygen atoms in total. The van der Waals surface area contributed by atoms with E-state index in [1.807, 2.05) is 34.0 Å². The Morgan fingerprint density at radius 3 is 2.37 bits per heavy atom. The molecule has 3 aromatic heterocycles. The monoisotopic (exact) mass is 304 g/mol. The van der Waals surface area contributed by atoms with E-state index >= 15 is 0 Å². The van der Waals surface area contributed by atoms with Crippen molar-refractivity contribution in [1.29, 1.82) is 0 Å². The lowest BCUT2D eigenvalue weighted by atomic mass is 10.2. The fourth-order valence-electron chi connectivity index (χ4n) is 2.10. The van der Waals surface area contributed by atoms with Crippen molar-refractivity contribution in [1.82, 2.24) is 0 Å². The number of hydrogen-bond acceptors (Lipinski definition) is 3. The molecule has 3 rings (SSSR count). The van der Waals surface area contributed by atoms with Crippen LogP contribution < -0.4 is 0 Å². The molecular weight excluding hydrogens is 288 g/mol. The molecule has 0 N–H and O–H groups in total. The maximum atomic E-state index is 2.30. The molecule has 0 aliphatic heterocycles. The molecule has 0 saturated heterocycles. The number of thiophene rings is 3. The molecule has 0 atom stereocenters. The van der Waals surface area contributed by atoms with Crippen LogP contribution in [0.2, 0.25) is 0 Å². The van der Waals surface area contributed by atoms with Crippen molar-refractivity contribution in [3.8, 4) is 9.75 Å². The Bertz CT molecular complexity index is 629. The van der Waals surface area contributed by atoms with Crippen LogP contribution in [0.4, 0.5) is 0 Å². The van der Waals surface area contributed by atoms with Crippen LogP contribution in [0.5, 0.6) is 0 Å². The van der Waals surface area contributed by atoms with Crippen LogP contribution in [0, 0.1) is 6.92 Å². The average Bonchev–Trinajstić information content (AvgIpc) is 3.09. The SMILES string of the molecule is Cc1ccc(-c2ccc(CCCc3cccs3)s2)s1. The Labute approximate surface area is 126 Å². The highest BCUT2D eigenvalue weighted by Crippen LogP contribution is 2.33. The van der Waals surface area contributed by atoms with Gasteiger partial charge >= 0.3 is 0 Å². The minimum atomic E-state index is 1.20. The van der Waals surface area contributed by atoms with Gasteiger partial charge in [-0.3, -0.25) is 0 Å². The molecule has 3 heteroatoms. The summed E-state index contributed by atoms with van der Waals surface area (Å²) in [6.45, 7) is 2.17. The van der Waals surface area contributed by atoms with E-state index in [9.17, 15) is 0 Å². The minimum absolute atomic E-state index is 1.20. The third kappa shape index (κ3) is 3.35. The van der Waals surface area contributed by atoms with E-state index in [0.717, 1.165) is 0 Å². The Hall–Kier alpha value is -0.900. The van der Waals surface area contributed by atoms with E-state index < -0.39 is 0 Å². The van der Waals surface area contributed by atoms with Crippen molar-refractivity contribution < 1.29 is 0 Å². The van der Waals surface area contributed by atoms with Crippen molar-refractivity contribution >= 4 is 34.0 Å². The molecule has 0 saturated carbocycles. The van der Waals surface area contributed by atoms with E-state index in [2.05, 4.69) is 48.7 Å². The van der Waals surface area contributed by atoms with Gasteiger partial charge in [-0.1, -0.05) is 6.07 Å². The lowest BCUT2D eigenvalue weighted by Crippen LogP contribution is -1.84. The zero-order valence-electron chi connectivity index (χ0n) is 10.9. The maximum Gasteiger partial charge on any atom is 0.0445 e. The van der Waals surface area contributed by atoms with Crippen molar-refractivity contribution in [2.75, 3.05) is 0 Å². The number of hydrogen-bond donors (Lipinski definition) is 0. The van der Waals surface area contributed by atoms with Gasteiger partial charge < -0.3 is 0 Å². The summed E-state index contributed by atoms with van der Waals surface area (Å²) in [6, 6.07) is 13.4. The predicted octanol–water partition coefficient (Wildman–Crippen LogP) is 6.02. The van der Waals surface area contributed by atoms with Crippen molar-refractivity contribution in [3.63, 3.8) is 0 Å². The standard InChI is InChI=1S/C16H16S3/c1-12-7-9-15(18-12)16-10-8-14(19-16)5-2-4-13-6-3-11-17-13/h3,6-11H,2,4-5H2,1H3. The molecule has 0 amide bonds. The van der Waals surface area contributed by atoms with Gasteiger partial charge in [0, 0.05) is 24.4 Å². The first-order valence-electron chi connectivity index (χ1n) is 6.49. The van der Waals surface area contributed by atoms with Crippen molar-refractivity contribution in [2.45, 2.75) is 26.2 Å². The number of aryl methyl sites for hydroxylation is 3. The van der Waals surface area contributed by atoms with E-state index in [-0.39, 0.29) is 0 Å². The van der Waals surface area contributed by atoms with Crippen LogP contribution >= 0.6 is 34.0 Å². The summed E-state index contributed by atoms with van der Waals surface area (Å²) in [7, 11) is 0. The first kappa shape index (κ1) is 13.1. The third-order valence-electron chi connectivity index (χ3n) is 3.07. The largest absolute Gasteiger partial charge is 0.149 e. The molecule has 19 heavy (non-hydrogen) atoms. The van der Waals surface area contributed by atoms with Gasteiger partial charge in [0.2, 0.25) is 0 Å². The molecule has 0 spiro atoms. The quantitative estimate of drug-likeness (QED) is 0.540. The van der Waals surface area contributed by atoms with Crippen LogP contribution in [0.25, 0.3) is 9.75 Å². The summed E-state index contributed by atoms with van der Waals surface area (Å²) >= 11 is 5.71. The molecule has 0 bridgehead atoms. The first-order chi connectivity index (χ1) is 9.31. The molecule has 98 valence electrons. The summed E-state index contributed by atoms with van der Waals surface area (Å²) in [5.41, 5.74) is 0. The highest BCUT2D eigenvalue weighted by molar-refractivity contribution is 7.22. The van der Waals surface area contributed by atoms with Crippen LogP contribution in [0.3, 0.4) is 0 Å². The molecule has 3 aromatic rings. The summed E-state index contributed by atoms with van der Waals surface area (Å²) in [4.78, 5) is 7.24. The summed E-state index contributed by atoms with van der Waals surface area (Å²) in [5, 5.41) is 2.16. The molecule has 0 fully saturated rings. The van der Waals surface area contributed by atoms with Crippen LogP contribution in [0.1, 0.15) is 21.1 Å². The molecule has 0 aliphatic rings. The fraction of sp³-hybridized carbons (Fsp3) is 0.250. The lowest BCUT2D eigenvalue weighted by molar-refractivity contribution is 0.842. The highest BCUT2D eigenvalue weighted by atomic mass is 32.1. The molecular formula is C16H16S3. The molecule has 0 unspecified atom stereocenters. The van der Waals surface area contributed by atoms with Gasteiger partial charge in [0.1, 0.15) is 0 Å². The van der Waals surface area contributed by atoms with Crippen LogP contribution in [0.15, 0.2) is 41.8 Å². The second-order valence-electron chi connectivity index (χ2n) is 4.61. The van der Waals surface area contributed by atoms with Crippen molar-refractivity contribution in [3.05, 3.63) is 56.4 Å². The van der Waals surface area contributed by atoms with Crippen LogP contribution in [-0.4, -0.2) is 0 Å². The topological polar surface area (TPSA) is 0 Å². The second kappa shape index (κ2) is 6.04. The van der Waals surface area contributed by atoms with Gasteiger partial charge in [-0.25, -0.2) is 0 Å². The van der Waals surface area contributed by atoms with E-state index in [1.54, 1.807) is 0 Å². The van der Waals surface area contributed by atoms with Crippen molar-refractivity contribution in [2.24, 2.45) is 0 Å². The first-order valence-corrected chi connectivity index (χ1v) is 9.00. The Balaban J connectivity index is 1.59. The Morgan fingerprint density at radius 1 is 0.842 bits per heavy atom. The fourth-order valence-corrected chi connectivity index (χ4v) is 4.86. The normalized spacial score (nSPS) is 11.0. The van der Waals surface area contributed by atoms with E-state index in [4.69, 9.17) is 0 Å². The summed E-state index contributed by atoms with van der Waals surface area (Å²) < 4.78 is 0. The smallest absolute Gasteiger partial charge is 0.0445 e. The van der Waals surface area contributed by atoms with Gasteiger partial charge in [-0.2, -0.15) is 0 Å².